The molecule has 1 heterocycles. The van der Waals surface area contributed by atoms with E-state index in [1.165, 1.54) is 0 Å². The van der Waals surface area contributed by atoms with Gasteiger partial charge in [0.05, 0.1) is 6.04 Å². The van der Waals surface area contributed by atoms with Crippen LogP contribution < -0.4 is 20.5 Å². The summed E-state index contributed by atoms with van der Waals surface area (Å²) < 4.78 is 10.5. The number of hydrogen-bond acceptors (Lipinski definition) is 4. The van der Waals surface area contributed by atoms with E-state index in [0.717, 1.165) is 5.56 Å². The number of fused-ring (bicyclic) bond motifs is 1. The van der Waals surface area contributed by atoms with Crippen molar-refractivity contribution in [2.45, 2.75) is 6.04 Å². The molecular formula is C16H16N2O3. The van der Waals surface area contributed by atoms with Crippen molar-refractivity contribution in [3.05, 3.63) is 59.7 Å². The number of ether oxygens (including phenoxy) is 2. The molecule has 0 bridgehead atoms. The molecule has 3 rings (SSSR count). The van der Waals surface area contributed by atoms with Gasteiger partial charge in [0.1, 0.15) is 0 Å². The molecule has 1 amide bonds. The SMILES string of the molecule is NCC(NC(=O)c1ccc2c(c1)OCO2)c1ccccc1. The molecule has 0 saturated heterocycles. The molecule has 1 unspecified atom stereocenters. The smallest absolute Gasteiger partial charge is 0.251 e. The first kappa shape index (κ1) is 13.5. The zero-order valence-corrected chi connectivity index (χ0v) is 11.4. The van der Waals surface area contributed by atoms with Gasteiger partial charge >= 0.3 is 0 Å². The van der Waals surface area contributed by atoms with Crippen molar-refractivity contribution < 1.29 is 14.3 Å². The minimum atomic E-state index is -0.218. The molecule has 0 radical (unpaired) electrons. The molecule has 1 aliphatic rings. The Balaban J connectivity index is 1.76. The lowest BCUT2D eigenvalue weighted by molar-refractivity contribution is 0.0937. The highest BCUT2D eigenvalue weighted by molar-refractivity contribution is 5.95. The van der Waals surface area contributed by atoms with E-state index in [2.05, 4.69) is 5.32 Å². The number of nitrogens with two attached hydrogens (primary N) is 1. The van der Waals surface area contributed by atoms with Crippen molar-refractivity contribution in [2.24, 2.45) is 5.73 Å². The number of rotatable bonds is 4. The second-order valence-electron chi connectivity index (χ2n) is 4.74. The standard InChI is InChI=1S/C16H16N2O3/c17-9-13(11-4-2-1-3-5-11)18-16(19)12-6-7-14-15(8-12)21-10-20-14/h1-8,13H,9-10,17H2,(H,18,19). The van der Waals surface area contributed by atoms with Gasteiger partial charge in [0.15, 0.2) is 11.5 Å². The van der Waals surface area contributed by atoms with Gasteiger partial charge in [0, 0.05) is 12.1 Å². The van der Waals surface area contributed by atoms with Crippen LogP contribution in [-0.2, 0) is 0 Å². The molecule has 5 heteroatoms. The van der Waals surface area contributed by atoms with Gasteiger partial charge < -0.3 is 20.5 Å². The number of benzene rings is 2. The second kappa shape index (κ2) is 5.85. The Hall–Kier alpha value is -2.53. The van der Waals surface area contributed by atoms with Crippen LogP contribution in [0.3, 0.4) is 0 Å². The van der Waals surface area contributed by atoms with Crippen LogP contribution in [0.4, 0.5) is 0 Å². The fraction of sp³-hybridized carbons (Fsp3) is 0.188. The second-order valence-corrected chi connectivity index (χ2v) is 4.74. The van der Waals surface area contributed by atoms with Crippen molar-refractivity contribution >= 4 is 5.91 Å². The molecule has 3 N–H and O–H groups in total. The summed E-state index contributed by atoms with van der Waals surface area (Å²) >= 11 is 0. The molecule has 2 aromatic carbocycles. The third kappa shape index (κ3) is 2.83. The van der Waals surface area contributed by atoms with E-state index in [-0.39, 0.29) is 18.7 Å². The monoisotopic (exact) mass is 284 g/mol. The first-order valence-electron chi connectivity index (χ1n) is 6.73. The van der Waals surface area contributed by atoms with Crippen LogP contribution in [-0.4, -0.2) is 19.2 Å². The van der Waals surface area contributed by atoms with Crippen molar-refractivity contribution in [2.75, 3.05) is 13.3 Å². The zero-order chi connectivity index (χ0) is 14.7. The maximum absolute atomic E-state index is 12.3. The third-order valence-electron chi connectivity index (χ3n) is 3.38. The predicted molar refractivity (Wildman–Crippen MR) is 78.3 cm³/mol. The van der Waals surface area contributed by atoms with Gasteiger partial charge in [-0.3, -0.25) is 4.79 Å². The Morgan fingerprint density at radius 1 is 1.14 bits per heavy atom. The van der Waals surface area contributed by atoms with E-state index >= 15 is 0 Å². The molecule has 2 aromatic rings. The molecule has 0 aliphatic carbocycles. The average molecular weight is 284 g/mol. The van der Waals surface area contributed by atoms with Gasteiger partial charge in [-0.1, -0.05) is 30.3 Å². The van der Waals surface area contributed by atoms with E-state index in [4.69, 9.17) is 15.2 Å². The minimum absolute atomic E-state index is 0.187. The predicted octanol–water partition coefficient (Wildman–Crippen LogP) is 1.85. The fourth-order valence-electron chi connectivity index (χ4n) is 2.24. The molecule has 1 aliphatic heterocycles. The summed E-state index contributed by atoms with van der Waals surface area (Å²) in [6.45, 7) is 0.524. The molecule has 0 aromatic heterocycles. The van der Waals surface area contributed by atoms with Crippen molar-refractivity contribution in [1.29, 1.82) is 0 Å². The Morgan fingerprint density at radius 2 is 1.90 bits per heavy atom. The molecule has 21 heavy (non-hydrogen) atoms. The van der Waals surface area contributed by atoms with Gasteiger partial charge in [0.2, 0.25) is 6.79 Å². The Labute approximate surface area is 122 Å². The normalized spacial score (nSPS) is 13.8. The number of carbonyl (C=O) groups is 1. The lowest BCUT2D eigenvalue weighted by atomic mass is 10.1. The fourth-order valence-corrected chi connectivity index (χ4v) is 2.24. The van der Waals surface area contributed by atoms with E-state index in [9.17, 15) is 4.79 Å². The number of amides is 1. The van der Waals surface area contributed by atoms with E-state index in [1.54, 1.807) is 18.2 Å². The molecule has 0 saturated carbocycles. The number of nitrogens with one attached hydrogen (secondary N) is 1. The molecular weight excluding hydrogens is 268 g/mol. The van der Waals surface area contributed by atoms with Crippen LogP contribution in [0.25, 0.3) is 0 Å². The topological polar surface area (TPSA) is 73.6 Å². The summed E-state index contributed by atoms with van der Waals surface area (Å²) in [4.78, 5) is 12.3. The lowest BCUT2D eigenvalue weighted by Crippen LogP contribution is -2.33. The summed E-state index contributed by atoms with van der Waals surface area (Å²) in [5.41, 5.74) is 7.26. The van der Waals surface area contributed by atoms with Crippen molar-refractivity contribution in [3.63, 3.8) is 0 Å². The van der Waals surface area contributed by atoms with E-state index in [0.29, 0.717) is 23.6 Å². The summed E-state index contributed by atoms with van der Waals surface area (Å²) in [7, 11) is 0. The highest BCUT2D eigenvalue weighted by Gasteiger charge is 2.18. The summed E-state index contributed by atoms with van der Waals surface area (Å²) in [5.74, 6) is 1.06. The zero-order valence-electron chi connectivity index (χ0n) is 11.4. The maximum atomic E-state index is 12.3. The van der Waals surface area contributed by atoms with Crippen LogP contribution in [0.5, 0.6) is 11.5 Å². The minimum Gasteiger partial charge on any atom is -0.454 e. The summed E-state index contributed by atoms with van der Waals surface area (Å²) in [5, 5.41) is 2.93. The van der Waals surface area contributed by atoms with Gasteiger partial charge in [0.25, 0.3) is 5.91 Å². The first-order valence-corrected chi connectivity index (χ1v) is 6.73. The summed E-state index contributed by atoms with van der Waals surface area (Å²) in [6, 6.07) is 14.6. The number of hydrogen-bond donors (Lipinski definition) is 2. The van der Waals surface area contributed by atoms with Crippen LogP contribution in [0.1, 0.15) is 22.0 Å². The molecule has 0 spiro atoms. The van der Waals surface area contributed by atoms with Crippen LogP contribution in [0, 0.1) is 0 Å². The highest BCUT2D eigenvalue weighted by atomic mass is 16.7. The Kier molecular flexibility index (Phi) is 3.75. The molecule has 1 atom stereocenters. The Morgan fingerprint density at radius 3 is 2.67 bits per heavy atom. The summed E-state index contributed by atoms with van der Waals surface area (Å²) in [6.07, 6.45) is 0. The lowest BCUT2D eigenvalue weighted by Gasteiger charge is -2.17. The van der Waals surface area contributed by atoms with Crippen molar-refractivity contribution in [3.8, 4) is 11.5 Å². The first-order chi connectivity index (χ1) is 10.3. The molecule has 5 nitrogen and oxygen atoms in total. The van der Waals surface area contributed by atoms with Gasteiger partial charge in [-0.2, -0.15) is 0 Å². The van der Waals surface area contributed by atoms with Crippen LogP contribution in [0.15, 0.2) is 48.5 Å². The Bertz CT molecular complexity index is 643. The number of carbonyl (C=O) groups excluding carboxylic acids is 1. The van der Waals surface area contributed by atoms with E-state index < -0.39 is 0 Å². The van der Waals surface area contributed by atoms with Gasteiger partial charge in [-0.25, -0.2) is 0 Å². The molecule has 0 fully saturated rings. The quantitative estimate of drug-likeness (QED) is 0.898. The van der Waals surface area contributed by atoms with Crippen LogP contribution in [0.2, 0.25) is 0 Å². The van der Waals surface area contributed by atoms with Crippen molar-refractivity contribution in [1.82, 2.24) is 5.32 Å². The van der Waals surface area contributed by atoms with Gasteiger partial charge in [-0.15, -0.1) is 0 Å². The average Bonchev–Trinajstić information content (AvgIpc) is 3.00. The van der Waals surface area contributed by atoms with Crippen LogP contribution >= 0.6 is 0 Å². The third-order valence-corrected chi connectivity index (χ3v) is 3.38. The molecule has 108 valence electrons. The van der Waals surface area contributed by atoms with Gasteiger partial charge in [-0.05, 0) is 23.8 Å². The highest BCUT2D eigenvalue weighted by Crippen LogP contribution is 2.32. The van der Waals surface area contributed by atoms with E-state index in [1.807, 2.05) is 30.3 Å². The largest absolute Gasteiger partial charge is 0.454 e. The maximum Gasteiger partial charge on any atom is 0.251 e.